The summed E-state index contributed by atoms with van der Waals surface area (Å²) in [5.74, 6) is 1.43. The van der Waals surface area contributed by atoms with Crippen molar-refractivity contribution in [1.82, 2.24) is 15.5 Å². The Morgan fingerprint density at radius 2 is 1.87 bits per heavy atom. The van der Waals surface area contributed by atoms with Crippen LogP contribution in [0.25, 0.3) is 11.4 Å². The number of aryl methyl sites for hydroxylation is 1. The van der Waals surface area contributed by atoms with Gasteiger partial charge < -0.3 is 19.9 Å². The lowest BCUT2D eigenvalue weighted by Crippen LogP contribution is -2.24. The standard InChI is InChI=1S/C23H26N4O4/c1-15(2)16-7-9-17(10-8-16)23-26-22(31-27-23)12-11-20(28)25-18-5-4-6-19(13-18)30-14-21(29)24-3/h4-10,13,15H,11-12,14H2,1-3H3,(H,24,29)(H,25,28). The second-order valence-corrected chi connectivity index (χ2v) is 7.33. The molecule has 2 aromatic carbocycles. The van der Waals surface area contributed by atoms with Crippen LogP contribution in [0.5, 0.6) is 5.75 Å². The minimum absolute atomic E-state index is 0.0897. The predicted molar refractivity (Wildman–Crippen MR) is 117 cm³/mol. The normalized spacial score (nSPS) is 10.7. The second-order valence-electron chi connectivity index (χ2n) is 7.33. The Morgan fingerprint density at radius 3 is 2.58 bits per heavy atom. The van der Waals surface area contributed by atoms with Gasteiger partial charge in [-0.25, -0.2) is 0 Å². The van der Waals surface area contributed by atoms with E-state index in [1.807, 2.05) is 12.1 Å². The molecule has 0 atom stereocenters. The zero-order valence-electron chi connectivity index (χ0n) is 17.8. The molecule has 2 amide bonds. The Kier molecular flexibility index (Phi) is 7.37. The van der Waals surface area contributed by atoms with Crippen molar-refractivity contribution in [1.29, 1.82) is 0 Å². The minimum Gasteiger partial charge on any atom is -0.484 e. The molecule has 8 heteroatoms. The number of hydrogen-bond acceptors (Lipinski definition) is 6. The predicted octanol–water partition coefficient (Wildman–Crippen LogP) is 3.56. The van der Waals surface area contributed by atoms with Gasteiger partial charge in [-0.1, -0.05) is 49.3 Å². The van der Waals surface area contributed by atoms with Crippen molar-refractivity contribution >= 4 is 17.5 Å². The van der Waals surface area contributed by atoms with Crippen LogP contribution in [0.3, 0.4) is 0 Å². The van der Waals surface area contributed by atoms with Crippen LogP contribution in [-0.2, 0) is 16.0 Å². The summed E-state index contributed by atoms with van der Waals surface area (Å²) in [5.41, 5.74) is 2.69. The van der Waals surface area contributed by atoms with Crippen molar-refractivity contribution < 1.29 is 18.8 Å². The summed E-state index contributed by atoms with van der Waals surface area (Å²) in [6.45, 7) is 4.19. The summed E-state index contributed by atoms with van der Waals surface area (Å²) >= 11 is 0. The maximum atomic E-state index is 12.3. The number of carbonyl (C=O) groups is 2. The van der Waals surface area contributed by atoms with E-state index in [9.17, 15) is 9.59 Å². The van der Waals surface area contributed by atoms with Crippen molar-refractivity contribution in [2.75, 3.05) is 19.0 Å². The number of nitrogens with one attached hydrogen (secondary N) is 2. The SMILES string of the molecule is CNC(=O)COc1cccc(NC(=O)CCc2nc(-c3ccc(C(C)C)cc3)no2)c1. The molecule has 8 nitrogen and oxygen atoms in total. The Labute approximate surface area is 181 Å². The van der Waals surface area contributed by atoms with Gasteiger partial charge in [0.15, 0.2) is 6.61 Å². The van der Waals surface area contributed by atoms with Gasteiger partial charge in [0.05, 0.1) is 0 Å². The van der Waals surface area contributed by atoms with E-state index >= 15 is 0 Å². The van der Waals surface area contributed by atoms with Gasteiger partial charge in [0, 0.05) is 37.2 Å². The number of anilines is 1. The number of carbonyl (C=O) groups excluding carboxylic acids is 2. The first kappa shape index (κ1) is 22.0. The molecule has 0 spiro atoms. The number of benzene rings is 2. The molecule has 0 aliphatic heterocycles. The van der Waals surface area contributed by atoms with Crippen LogP contribution in [0.15, 0.2) is 53.1 Å². The maximum absolute atomic E-state index is 12.3. The summed E-state index contributed by atoms with van der Waals surface area (Å²) in [4.78, 5) is 27.9. The Morgan fingerprint density at radius 1 is 1.10 bits per heavy atom. The zero-order valence-corrected chi connectivity index (χ0v) is 17.8. The van der Waals surface area contributed by atoms with Gasteiger partial charge in [-0.3, -0.25) is 9.59 Å². The number of hydrogen-bond donors (Lipinski definition) is 2. The summed E-state index contributed by atoms with van der Waals surface area (Å²) in [7, 11) is 1.54. The molecule has 0 bridgehead atoms. The number of amides is 2. The highest BCUT2D eigenvalue weighted by Crippen LogP contribution is 2.21. The average Bonchev–Trinajstić information content (AvgIpc) is 3.25. The molecular formula is C23H26N4O4. The fraction of sp³-hybridized carbons (Fsp3) is 0.304. The van der Waals surface area contributed by atoms with Gasteiger partial charge in [-0.2, -0.15) is 4.98 Å². The summed E-state index contributed by atoms with van der Waals surface area (Å²) in [6, 6.07) is 14.9. The molecule has 0 saturated carbocycles. The quantitative estimate of drug-likeness (QED) is 0.546. The van der Waals surface area contributed by atoms with E-state index < -0.39 is 0 Å². The van der Waals surface area contributed by atoms with Crippen LogP contribution in [0.4, 0.5) is 5.69 Å². The summed E-state index contributed by atoms with van der Waals surface area (Å²) in [6.07, 6.45) is 0.521. The number of likely N-dealkylation sites (N-methyl/N-ethyl adjacent to an activating group) is 1. The van der Waals surface area contributed by atoms with Crippen LogP contribution in [0, 0.1) is 0 Å². The molecular weight excluding hydrogens is 396 g/mol. The first-order valence-corrected chi connectivity index (χ1v) is 10.1. The lowest BCUT2D eigenvalue weighted by Gasteiger charge is -2.08. The molecule has 0 aliphatic rings. The largest absolute Gasteiger partial charge is 0.484 e. The molecule has 0 aliphatic carbocycles. The van der Waals surface area contributed by atoms with Crippen LogP contribution in [0.2, 0.25) is 0 Å². The van der Waals surface area contributed by atoms with Crippen molar-refractivity contribution in [2.24, 2.45) is 0 Å². The monoisotopic (exact) mass is 422 g/mol. The molecule has 3 rings (SSSR count). The number of nitrogens with zero attached hydrogens (tertiary/aromatic N) is 2. The third-order valence-corrected chi connectivity index (χ3v) is 4.64. The first-order chi connectivity index (χ1) is 14.9. The van der Waals surface area contributed by atoms with Gasteiger partial charge in [-0.15, -0.1) is 0 Å². The van der Waals surface area contributed by atoms with Gasteiger partial charge in [0.25, 0.3) is 5.91 Å². The molecule has 1 heterocycles. The van der Waals surface area contributed by atoms with Gasteiger partial charge in [0.1, 0.15) is 5.75 Å². The fourth-order valence-electron chi connectivity index (χ4n) is 2.82. The number of rotatable bonds is 9. The highest BCUT2D eigenvalue weighted by atomic mass is 16.5. The molecule has 3 aromatic rings. The molecule has 0 radical (unpaired) electrons. The molecule has 2 N–H and O–H groups in total. The minimum atomic E-state index is -0.232. The Balaban J connectivity index is 1.52. The van der Waals surface area contributed by atoms with Crippen LogP contribution in [-0.4, -0.2) is 35.6 Å². The second kappa shape index (κ2) is 10.4. The molecule has 0 saturated heterocycles. The summed E-state index contributed by atoms with van der Waals surface area (Å²) in [5, 5.41) is 9.29. The van der Waals surface area contributed by atoms with Gasteiger partial charge in [0.2, 0.25) is 17.6 Å². The van der Waals surface area contributed by atoms with E-state index in [1.54, 1.807) is 24.3 Å². The molecule has 1 aromatic heterocycles. The van der Waals surface area contributed by atoms with E-state index in [0.717, 1.165) is 5.56 Å². The average molecular weight is 422 g/mol. The third-order valence-electron chi connectivity index (χ3n) is 4.64. The molecule has 162 valence electrons. The highest BCUT2D eigenvalue weighted by molar-refractivity contribution is 5.91. The van der Waals surface area contributed by atoms with E-state index in [0.29, 0.717) is 35.5 Å². The first-order valence-electron chi connectivity index (χ1n) is 10.1. The Bertz CT molecular complexity index is 1030. The summed E-state index contributed by atoms with van der Waals surface area (Å²) < 4.78 is 10.7. The van der Waals surface area contributed by atoms with Gasteiger partial charge >= 0.3 is 0 Å². The van der Waals surface area contributed by atoms with Crippen molar-refractivity contribution in [3.8, 4) is 17.1 Å². The third kappa shape index (κ3) is 6.40. The molecule has 0 fully saturated rings. The van der Waals surface area contributed by atoms with Gasteiger partial charge in [-0.05, 0) is 23.6 Å². The topological polar surface area (TPSA) is 106 Å². The Hall–Kier alpha value is -3.68. The highest BCUT2D eigenvalue weighted by Gasteiger charge is 2.12. The van der Waals surface area contributed by atoms with Crippen molar-refractivity contribution in [3.05, 3.63) is 60.0 Å². The van der Waals surface area contributed by atoms with Crippen LogP contribution < -0.4 is 15.4 Å². The van der Waals surface area contributed by atoms with Crippen molar-refractivity contribution in [3.63, 3.8) is 0 Å². The van der Waals surface area contributed by atoms with E-state index in [-0.39, 0.29) is 24.8 Å². The smallest absolute Gasteiger partial charge is 0.257 e. The molecule has 31 heavy (non-hydrogen) atoms. The van der Waals surface area contributed by atoms with Crippen molar-refractivity contribution in [2.45, 2.75) is 32.6 Å². The lowest BCUT2D eigenvalue weighted by molar-refractivity contribution is -0.122. The van der Waals surface area contributed by atoms with E-state index in [1.165, 1.54) is 12.6 Å². The van der Waals surface area contributed by atoms with E-state index in [2.05, 4.69) is 46.8 Å². The number of ether oxygens (including phenoxy) is 1. The lowest BCUT2D eigenvalue weighted by atomic mass is 10.0. The van der Waals surface area contributed by atoms with E-state index in [4.69, 9.17) is 9.26 Å². The number of aromatic nitrogens is 2. The maximum Gasteiger partial charge on any atom is 0.257 e. The fourth-order valence-corrected chi connectivity index (χ4v) is 2.82. The zero-order chi connectivity index (χ0) is 22.2. The molecule has 0 unspecified atom stereocenters. The van der Waals surface area contributed by atoms with Crippen LogP contribution >= 0.6 is 0 Å². The van der Waals surface area contributed by atoms with Crippen LogP contribution in [0.1, 0.15) is 37.6 Å².